The van der Waals surface area contributed by atoms with Crippen LogP contribution in [0.1, 0.15) is 27.2 Å². The van der Waals surface area contributed by atoms with Gasteiger partial charge in [0.1, 0.15) is 5.58 Å². The van der Waals surface area contributed by atoms with Gasteiger partial charge in [-0.15, -0.1) is 10.2 Å². The second-order valence-corrected chi connectivity index (χ2v) is 12.3. The number of thioether (sulfide) groups is 1. The number of carbonyl (C=O) groups is 2. The zero-order valence-electron chi connectivity index (χ0n) is 20.6. The van der Waals surface area contributed by atoms with Crippen LogP contribution in [0.25, 0.3) is 11.0 Å². The van der Waals surface area contributed by atoms with Crippen LogP contribution >= 0.6 is 46.3 Å². The Bertz CT molecular complexity index is 1960. The summed E-state index contributed by atoms with van der Waals surface area (Å²) in [6.45, 7) is 0. The smallest absolute Gasteiger partial charge is 0.297 e. The van der Waals surface area contributed by atoms with Gasteiger partial charge in [-0.2, -0.15) is 0 Å². The van der Waals surface area contributed by atoms with E-state index in [-0.39, 0.29) is 27.4 Å². The van der Waals surface area contributed by atoms with E-state index in [4.69, 9.17) is 27.6 Å². The molecule has 2 aliphatic heterocycles. The molecular formula is C28H16Cl2N4O4S2. The van der Waals surface area contributed by atoms with Crippen molar-refractivity contribution in [2.75, 3.05) is 16.8 Å². The maximum atomic E-state index is 14.3. The number of nitrogens with zero attached hydrogens (tertiary/aromatic N) is 4. The average Bonchev–Trinajstić information content (AvgIpc) is 3.58. The first-order chi connectivity index (χ1) is 19.3. The Kier molecular flexibility index (Phi) is 5.79. The lowest BCUT2D eigenvalue weighted by Crippen LogP contribution is -2.53. The van der Waals surface area contributed by atoms with E-state index < -0.39 is 22.8 Å². The molecule has 12 heteroatoms. The van der Waals surface area contributed by atoms with Crippen molar-refractivity contribution in [3.05, 3.63) is 109 Å². The normalized spacial score (nSPS) is 17.8. The SMILES string of the molecule is CN1C(=O)C2(c3ccccc31)c1c(oc3ccc(Cl)cc3c1=O)C(=O)N2c1nnc(SCc2ccccc2Cl)s1. The predicted molar refractivity (Wildman–Crippen MR) is 156 cm³/mol. The van der Waals surface area contributed by atoms with Gasteiger partial charge in [-0.25, -0.2) is 0 Å². The van der Waals surface area contributed by atoms with Crippen molar-refractivity contribution in [1.29, 1.82) is 0 Å². The molecule has 198 valence electrons. The minimum absolute atomic E-state index is 0.0606. The van der Waals surface area contributed by atoms with Gasteiger partial charge in [0, 0.05) is 34.1 Å². The van der Waals surface area contributed by atoms with Gasteiger partial charge in [0.15, 0.2) is 15.3 Å². The van der Waals surface area contributed by atoms with E-state index in [1.807, 2.05) is 24.3 Å². The summed E-state index contributed by atoms with van der Waals surface area (Å²) in [4.78, 5) is 45.2. The zero-order valence-corrected chi connectivity index (χ0v) is 23.7. The first-order valence-electron chi connectivity index (χ1n) is 12.0. The summed E-state index contributed by atoms with van der Waals surface area (Å²) >= 11 is 15.1. The van der Waals surface area contributed by atoms with Gasteiger partial charge in [-0.3, -0.25) is 19.3 Å². The van der Waals surface area contributed by atoms with Crippen LogP contribution in [0.15, 0.2) is 80.3 Å². The number of carbonyl (C=O) groups excluding carboxylic acids is 2. The number of aromatic nitrogens is 2. The number of anilines is 2. The number of hydrogen-bond acceptors (Lipinski definition) is 8. The monoisotopic (exact) mass is 606 g/mol. The first-order valence-corrected chi connectivity index (χ1v) is 14.6. The minimum atomic E-state index is -1.82. The summed E-state index contributed by atoms with van der Waals surface area (Å²) in [5.74, 6) is -0.806. The number of halogens is 2. The van der Waals surface area contributed by atoms with Crippen LogP contribution in [0.5, 0.6) is 0 Å². The van der Waals surface area contributed by atoms with Crippen LogP contribution in [0.4, 0.5) is 10.8 Å². The third kappa shape index (κ3) is 3.43. The molecule has 0 saturated heterocycles. The molecule has 0 aliphatic carbocycles. The summed E-state index contributed by atoms with van der Waals surface area (Å²) in [6.07, 6.45) is 0. The molecule has 1 spiro atoms. The summed E-state index contributed by atoms with van der Waals surface area (Å²) in [5, 5.41) is 9.91. The molecule has 5 aromatic rings. The molecule has 2 amide bonds. The molecule has 2 aliphatic rings. The Morgan fingerprint density at radius 3 is 2.60 bits per heavy atom. The summed E-state index contributed by atoms with van der Waals surface area (Å²) in [5.41, 5.74) is -0.225. The third-order valence-corrected chi connectivity index (χ3v) is 9.81. The number of para-hydroxylation sites is 1. The largest absolute Gasteiger partial charge is 0.450 e. The highest BCUT2D eigenvalue weighted by Gasteiger charge is 2.66. The van der Waals surface area contributed by atoms with E-state index >= 15 is 0 Å². The predicted octanol–water partition coefficient (Wildman–Crippen LogP) is 6.12. The fourth-order valence-electron chi connectivity index (χ4n) is 5.35. The molecule has 0 radical (unpaired) electrons. The molecule has 7 rings (SSSR count). The van der Waals surface area contributed by atoms with Crippen molar-refractivity contribution in [2.24, 2.45) is 0 Å². The second kappa shape index (κ2) is 9.17. The maximum absolute atomic E-state index is 14.3. The Morgan fingerprint density at radius 1 is 1.00 bits per heavy atom. The van der Waals surface area contributed by atoms with Gasteiger partial charge in [-0.05, 0) is 35.9 Å². The molecule has 0 N–H and O–H groups in total. The molecule has 0 fully saturated rings. The lowest BCUT2D eigenvalue weighted by atomic mass is 9.84. The zero-order chi connectivity index (χ0) is 27.8. The molecule has 4 heterocycles. The molecular weight excluding hydrogens is 591 g/mol. The number of hydrogen-bond donors (Lipinski definition) is 0. The third-order valence-electron chi connectivity index (χ3n) is 7.11. The van der Waals surface area contributed by atoms with Gasteiger partial charge >= 0.3 is 0 Å². The summed E-state index contributed by atoms with van der Waals surface area (Å²) < 4.78 is 6.60. The molecule has 0 saturated carbocycles. The lowest BCUT2D eigenvalue weighted by molar-refractivity contribution is -0.121. The van der Waals surface area contributed by atoms with E-state index in [0.29, 0.717) is 31.4 Å². The Morgan fingerprint density at radius 2 is 1.77 bits per heavy atom. The second-order valence-electron chi connectivity index (χ2n) is 9.24. The highest BCUT2D eigenvalue weighted by molar-refractivity contribution is 8.00. The standard InChI is InChI=1S/C28H16Cl2N4O4S2/c1-33-19-9-5-3-7-17(19)28(25(33)37)21-22(35)16-12-15(29)10-11-20(16)38-23(21)24(36)34(28)26-31-32-27(40-26)39-13-14-6-2-4-8-18(14)30/h2-12H,13H2,1H3. The van der Waals surface area contributed by atoms with E-state index in [1.54, 1.807) is 37.4 Å². The summed E-state index contributed by atoms with van der Waals surface area (Å²) in [7, 11) is 1.61. The molecule has 2 aromatic heterocycles. The number of likely N-dealkylation sites (N-methyl/N-ethyl adjacent to an activating group) is 1. The Balaban J connectivity index is 1.43. The van der Waals surface area contributed by atoms with Crippen LogP contribution in [-0.2, 0) is 16.1 Å². The van der Waals surface area contributed by atoms with Crippen molar-refractivity contribution < 1.29 is 14.0 Å². The van der Waals surface area contributed by atoms with Gasteiger partial charge in [0.05, 0.1) is 10.9 Å². The first kappa shape index (κ1) is 25.3. The highest BCUT2D eigenvalue weighted by Crippen LogP contribution is 2.54. The quantitative estimate of drug-likeness (QED) is 0.179. The van der Waals surface area contributed by atoms with Crippen molar-refractivity contribution >= 4 is 79.9 Å². The number of rotatable bonds is 4. The van der Waals surface area contributed by atoms with Crippen molar-refractivity contribution in [3.8, 4) is 0 Å². The number of benzene rings is 3. The fourth-order valence-corrected chi connectivity index (χ4v) is 7.70. The van der Waals surface area contributed by atoms with Gasteiger partial charge in [-0.1, -0.05) is 82.7 Å². The van der Waals surface area contributed by atoms with E-state index in [0.717, 1.165) is 16.9 Å². The van der Waals surface area contributed by atoms with E-state index in [2.05, 4.69) is 10.2 Å². The minimum Gasteiger partial charge on any atom is -0.450 e. The van der Waals surface area contributed by atoms with Crippen LogP contribution in [0.3, 0.4) is 0 Å². The van der Waals surface area contributed by atoms with Crippen molar-refractivity contribution in [2.45, 2.75) is 15.6 Å². The number of amides is 2. The molecule has 8 nitrogen and oxygen atoms in total. The highest BCUT2D eigenvalue weighted by atomic mass is 35.5. The number of fused-ring (bicyclic) bond motifs is 5. The van der Waals surface area contributed by atoms with Crippen LogP contribution in [0, 0.1) is 0 Å². The molecule has 1 unspecified atom stereocenters. The van der Waals surface area contributed by atoms with Gasteiger partial charge in [0.25, 0.3) is 11.8 Å². The van der Waals surface area contributed by atoms with E-state index in [1.165, 1.54) is 33.7 Å². The molecule has 40 heavy (non-hydrogen) atoms. The summed E-state index contributed by atoms with van der Waals surface area (Å²) in [6, 6.07) is 19.1. The van der Waals surface area contributed by atoms with Crippen LogP contribution < -0.4 is 15.2 Å². The molecule has 1 atom stereocenters. The van der Waals surface area contributed by atoms with Crippen LogP contribution in [-0.4, -0.2) is 29.1 Å². The Labute approximate surface area is 245 Å². The topological polar surface area (TPSA) is 96.6 Å². The molecule has 0 bridgehead atoms. The average molecular weight is 608 g/mol. The van der Waals surface area contributed by atoms with Gasteiger partial charge < -0.3 is 9.32 Å². The van der Waals surface area contributed by atoms with Crippen LogP contribution in [0.2, 0.25) is 10.0 Å². The van der Waals surface area contributed by atoms with Crippen molar-refractivity contribution in [3.63, 3.8) is 0 Å². The van der Waals surface area contributed by atoms with E-state index in [9.17, 15) is 14.4 Å². The lowest BCUT2D eigenvalue weighted by Gasteiger charge is -2.31. The van der Waals surface area contributed by atoms with Crippen molar-refractivity contribution in [1.82, 2.24) is 10.2 Å². The Hall–Kier alpha value is -3.70. The molecule has 3 aromatic carbocycles. The maximum Gasteiger partial charge on any atom is 0.297 e. The van der Waals surface area contributed by atoms with Gasteiger partial charge in [0.2, 0.25) is 10.9 Å². The fraction of sp³-hybridized carbons (Fsp3) is 0.107.